The minimum Gasteiger partial charge on any atom is -0.480 e. The highest BCUT2D eigenvalue weighted by atomic mass is 16.5. The summed E-state index contributed by atoms with van der Waals surface area (Å²) >= 11 is 0. The van der Waals surface area contributed by atoms with Crippen molar-refractivity contribution in [3.63, 3.8) is 0 Å². The molecule has 0 amide bonds. The third kappa shape index (κ3) is 1.90. The number of carbonyl (C=O) groups is 2. The molecule has 1 saturated carbocycles. The number of aliphatic carboxylic acids is 1. The van der Waals surface area contributed by atoms with Crippen LogP contribution < -0.4 is 0 Å². The standard InChI is InChI=1S/C12H16O4/c1-3-8-12(10(13)14,11(15)16-2)9-6-4-5-7-9/h1,9H,4-8H2,2H3,(H,13,14). The second-order valence-electron chi connectivity index (χ2n) is 4.13. The molecule has 0 aromatic rings. The van der Waals surface area contributed by atoms with Gasteiger partial charge in [0.1, 0.15) is 0 Å². The van der Waals surface area contributed by atoms with E-state index in [2.05, 4.69) is 10.7 Å². The number of hydrogen-bond acceptors (Lipinski definition) is 3. The molecule has 1 rings (SSSR count). The first-order valence-corrected chi connectivity index (χ1v) is 5.35. The molecular formula is C12H16O4. The minimum atomic E-state index is -1.54. The van der Waals surface area contributed by atoms with Crippen LogP contribution in [0.15, 0.2) is 0 Å². The van der Waals surface area contributed by atoms with Crippen molar-refractivity contribution in [3.05, 3.63) is 0 Å². The predicted octanol–water partition coefficient (Wildman–Crippen LogP) is 1.44. The maximum Gasteiger partial charge on any atom is 0.324 e. The summed E-state index contributed by atoms with van der Waals surface area (Å²) in [7, 11) is 1.20. The van der Waals surface area contributed by atoms with Gasteiger partial charge in [-0.2, -0.15) is 0 Å². The van der Waals surface area contributed by atoms with Gasteiger partial charge in [-0.25, -0.2) is 0 Å². The molecular weight excluding hydrogens is 208 g/mol. The van der Waals surface area contributed by atoms with Gasteiger partial charge in [0.05, 0.1) is 7.11 Å². The fourth-order valence-corrected chi connectivity index (χ4v) is 2.48. The fraction of sp³-hybridized carbons (Fsp3) is 0.667. The smallest absolute Gasteiger partial charge is 0.324 e. The molecule has 0 spiro atoms. The normalized spacial score (nSPS) is 19.8. The summed E-state index contributed by atoms with van der Waals surface area (Å²) in [5, 5.41) is 9.32. The van der Waals surface area contributed by atoms with Gasteiger partial charge in [0, 0.05) is 6.42 Å². The van der Waals surface area contributed by atoms with E-state index in [1.165, 1.54) is 7.11 Å². The molecule has 1 atom stereocenters. The van der Waals surface area contributed by atoms with Crippen molar-refractivity contribution in [1.82, 2.24) is 0 Å². The van der Waals surface area contributed by atoms with Crippen molar-refractivity contribution in [2.75, 3.05) is 7.11 Å². The molecule has 1 unspecified atom stereocenters. The first-order valence-electron chi connectivity index (χ1n) is 5.35. The molecule has 1 aliphatic carbocycles. The van der Waals surface area contributed by atoms with Crippen LogP contribution in [0.2, 0.25) is 0 Å². The maximum atomic E-state index is 11.8. The summed E-state index contributed by atoms with van der Waals surface area (Å²) in [6, 6.07) is 0. The van der Waals surface area contributed by atoms with Crippen LogP contribution in [0, 0.1) is 23.7 Å². The van der Waals surface area contributed by atoms with Crippen LogP contribution in [-0.4, -0.2) is 24.2 Å². The SMILES string of the molecule is C#CCC(C(=O)O)(C(=O)OC)C1CCCC1. The van der Waals surface area contributed by atoms with E-state index in [-0.39, 0.29) is 12.3 Å². The Morgan fingerprint density at radius 2 is 2.06 bits per heavy atom. The molecule has 88 valence electrons. The van der Waals surface area contributed by atoms with Gasteiger partial charge in [0.25, 0.3) is 0 Å². The van der Waals surface area contributed by atoms with Gasteiger partial charge in [-0.3, -0.25) is 9.59 Å². The molecule has 0 heterocycles. The van der Waals surface area contributed by atoms with Crippen molar-refractivity contribution in [2.24, 2.45) is 11.3 Å². The van der Waals surface area contributed by atoms with Crippen LogP contribution in [0.5, 0.6) is 0 Å². The molecule has 0 radical (unpaired) electrons. The van der Waals surface area contributed by atoms with Crippen LogP contribution in [0.3, 0.4) is 0 Å². The van der Waals surface area contributed by atoms with Crippen LogP contribution >= 0.6 is 0 Å². The lowest BCUT2D eigenvalue weighted by atomic mass is 9.72. The van der Waals surface area contributed by atoms with Gasteiger partial charge in [0.15, 0.2) is 5.41 Å². The number of hydrogen-bond donors (Lipinski definition) is 1. The Bertz CT molecular complexity index is 322. The number of ether oxygens (including phenoxy) is 1. The molecule has 0 bridgehead atoms. The Hall–Kier alpha value is -1.50. The van der Waals surface area contributed by atoms with E-state index < -0.39 is 17.4 Å². The van der Waals surface area contributed by atoms with Crippen LogP contribution in [0.25, 0.3) is 0 Å². The Labute approximate surface area is 95.0 Å². The fourth-order valence-electron chi connectivity index (χ4n) is 2.48. The average Bonchev–Trinajstić information content (AvgIpc) is 2.78. The van der Waals surface area contributed by atoms with E-state index in [9.17, 15) is 14.7 Å². The Morgan fingerprint density at radius 3 is 2.44 bits per heavy atom. The molecule has 0 aromatic heterocycles. The summed E-state index contributed by atoms with van der Waals surface area (Å²) in [6.07, 6.45) is 8.44. The predicted molar refractivity (Wildman–Crippen MR) is 57.5 cm³/mol. The molecule has 1 aliphatic rings. The molecule has 16 heavy (non-hydrogen) atoms. The monoisotopic (exact) mass is 224 g/mol. The molecule has 1 fully saturated rings. The van der Waals surface area contributed by atoms with E-state index in [1.54, 1.807) is 0 Å². The first-order chi connectivity index (χ1) is 7.59. The lowest BCUT2D eigenvalue weighted by molar-refractivity contribution is -0.171. The zero-order valence-electron chi connectivity index (χ0n) is 9.36. The Balaban J connectivity index is 3.10. The van der Waals surface area contributed by atoms with Gasteiger partial charge >= 0.3 is 11.9 Å². The number of methoxy groups -OCH3 is 1. The number of carboxylic acid groups (broad SMARTS) is 1. The van der Waals surface area contributed by atoms with Crippen LogP contribution in [0.1, 0.15) is 32.1 Å². The molecule has 0 aliphatic heterocycles. The molecule has 0 saturated heterocycles. The number of carboxylic acids is 1. The lowest BCUT2D eigenvalue weighted by Crippen LogP contribution is -2.45. The highest BCUT2D eigenvalue weighted by Crippen LogP contribution is 2.43. The molecule has 4 heteroatoms. The molecule has 0 aromatic carbocycles. The minimum absolute atomic E-state index is 0.0975. The summed E-state index contributed by atoms with van der Waals surface area (Å²) < 4.78 is 4.63. The second-order valence-corrected chi connectivity index (χ2v) is 4.13. The number of esters is 1. The van der Waals surface area contributed by atoms with Gasteiger partial charge in [-0.05, 0) is 18.8 Å². The second kappa shape index (κ2) is 5.02. The van der Waals surface area contributed by atoms with Gasteiger partial charge in [-0.15, -0.1) is 12.3 Å². The van der Waals surface area contributed by atoms with Crippen LogP contribution in [0.4, 0.5) is 0 Å². The van der Waals surface area contributed by atoms with Crippen LogP contribution in [-0.2, 0) is 14.3 Å². The lowest BCUT2D eigenvalue weighted by Gasteiger charge is -2.30. The largest absolute Gasteiger partial charge is 0.480 e. The van der Waals surface area contributed by atoms with Gasteiger partial charge in [0.2, 0.25) is 0 Å². The first kappa shape index (κ1) is 12.6. The van der Waals surface area contributed by atoms with E-state index in [0.717, 1.165) is 25.7 Å². The van der Waals surface area contributed by atoms with Crippen molar-refractivity contribution < 1.29 is 19.4 Å². The molecule has 4 nitrogen and oxygen atoms in total. The Kier molecular flexibility index (Phi) is 3.94. The van der Waals surface area contributed by atoms with Crippen molar-refractivity contribution in [3.8, 4) is 12.3 Å². The summed E-state index contributed by atoms with van der Waals surface area (Å²) in [4.78, 5) is 23.2. The van der Waals surface area contributed by atoms with Gasteiger partial charge in [-0.1, -0.05) is 12.8 Å². The van der Waals surface area contributed by atoms with Crippen molar-refractivity contribution in [2.45, 2.75) is 32.1 Å². The van der Waals surface area contributed by atoms with Crippen molar-refractivity contribution in [1.29, 1.82) is 0 Å². The van der Waals surface area contributed by atoms with Crippen molar-refractivity contribution >= 4 is 11.9 Å². The van der Waals surface area contributed by atoms with E-state index in [0.29, 0.717) is 0 Å². The number of terminal acetylenes is 1. The number of carbonyl (C=O) groups excluding carboxylic acids is 1. The highest BCUT2D eigenvalue weighted by molar-refractivity contribution is 5.99. The summed E-state index contributed by atoms with van der Waals surface area (Å²) in [5.74, 6) is 0.219. The van der Waals surface area contributed by atoms with E-state index in [1.807, 2.05) is 0 Å². The number of rotatable bonds is 4. The quantitative estimate of drug-likeness (QED) is 0.446. The summed E-state index contributed by atoms with van der Waals surface area (Å²) in [6.45, 7) is 0. The molecule has 1 N–H and O–H groups in total. The summed E-state index contributed by atoms with van der Waals surface area (Å²) in [5.41, 5.74) is -1.54. The highest BCUT2D eigenvalue weighted by Gasteiger charge is 2.53. The van der Waals surface area contributed by atoms with Gasteiger partial charge < -0.3 is 9.84 Å². The van der Waals surface area contributed by atoms with E-state index in [4.69, 9.17) is 6.42 Å². The third-order valence-electron chi connectivity index (χ3n) is 3.36. The third-order valence-corrected chi connectivity index (χ3v) is 3.36. The topological polar surface area (TPSA) is 63.6 Å². The van der Waals surface area contributed by atoms with E-state index >= 15 is 0 Å². The Morgan fingerprint density at radius 1 is 1.50 bits per heavy atom. The average molecular weight is 224 g/mol. The maximum absolute atomic E-state index is 11.8. The zero-order valence-corrected chi connectivity index (χ0v) is 9.36. The zero-order chi connectivity index (χ0) is 12.2.